The van der Waals surface area contributed by atoms with Gasteiger partial charge in [0.1, 0.15) is 5.82 Å². The van der Waals surface area contributed by atoms with Gasteiger partial charge in [-0.3, -0.25) is 4.79 Å². The summed E-state index contributed by atoms with van der Waals surface area (Å²) in [6.07, 6.45) is 0. The van der Waals surface area contributed by atoms with E-state index in [0.717, 1.165) is 5.69 Å². The molecule has 1 heterocycles. The van der Waals surface area contributed by atoms with Crippen LogP contribution in [-0.2, 0) is 4.79 Å². The van der Waals surface area contributed by atoms with Gasteiger partial charge in [0.15, 0.2) is 4.34 Å². The van der Waals surface area contributed by atoms with E-state index in [0.29, 0.717) is 21.7 Å². The van der Waals surface area contributed by atoms with Crippen molar-refractivity contribution in [2.75, 3.05) is 22.5 Å². The van der Waals surface area contributed by atoms with Crippen molar-refractivity contribution in [2.45, 2.75) is 11.3 Å². The third kappa shape index (κ3) is 4.59. The molecule has 3 aromatic rings. The molecule has 0 radical (unpaired) electrons. The van der Waals surface area contributed by atoms with Crippen molar-refractivity contribution in [3.63, 3.8) is 0 Å². The molecular formula is C18H17FN4OS2. The Labute approximate surface area is 159 Å². The van der Waals surface area contributed by atoms with Crippen LogP contribution >= 0.6 is 23.1 Å². The summed E-state index contributed by atoms with van der Waals surface area (Å²) in [4.78, 5) is 14.2. The van der Waals surface area contributed by atoms with Crippen molar-refractivity contribution in [3.8, 4) is 0 Å². The van der Waals surface area contributed by atoms with Crippen molar-refractivity contribution in [3.05, 3.63) is 60.4 Å². The molecule has 0 bridgehead atoms. The number of hydrogen-bond acceptors (Lipinski definition) is 6. The highest BCUT2D eigenvalue weighted by Crippen LogP contribution is 2.29. The minimum atomic E-state index is -0.353. The summed E-state index contributed by atoms with van der Waals surface area (Å²) in [6, 6.07) is 15.9. The zero-order chi connectivity index (χ0) is 18.4. The van der Waals surface area contributed by atoms with Gasteiger partial charge in [0.05, 0.1) is 11.4 Å². The van der Waals surface area contributed by atoms with E-state index in [9.17, 15) is 9.18 Å². The van der Waals surface area contributed by atoms with Crippen LogP contribution in [0.3, 0.4) is 0 Å². The molecule has 1 aromatic heterocycles. The van der Waals surface area contributed by atoms with Gasteiger partial charge in [-0.05, 0) is 31.2 Å². The van der Waals surface area contributed by atoms with Crippen LogP contribution in [-0.4, -0.2) is 28.4 Å². The van der Waals surface area contributed by atoms with Crippen molar-refractivity contribution in [2.24, 2.45) is 0 Å². The highest BCUT2D eigenvalue weighted by atomic mass is 32.2. The summed E-state index contributed by atoms with van der Waals surface area (Å²) in [5, 5.41) is 11.4. The maximum atomic E-state index is 13.7. The van der Waals surface area contributed by atoms with Crippen LogP contribution in [0.15, 0.2) is 58.9 Å². The number of nitrogens with one attached hydrogen (secondary N) is 1. The smallest absolute Gasteiger partial charge is 0.237 e. The SMILES string of the molecule is CCN(C(=O)CSc1nnc(Nc2ccccc2F)s1)c1ccccc1. The number of benzene rings is 2. The summed E-state index contributed by atoms with van der Waals surface area (Å²) in [6.45, 7) is 2.54. The van der Waals surface area contributed by atoms with Gasteiger partial charge in [-0.15, -0.1) is 10.2 Å². The van der Waals surface area contributed by atoms with Crippen LogP contribution in [0.1, 0.15) is 6.92 Å². The van der Waals surface area contributed by atoms with Crippen molar-refractivity contribution in [1.29, 1.82) is 0 Å². The Morgan fingerprint density at radius 2 is 1.88 bits per heavy atom. The minimum Gasteiger partial charge on any atom is -0.328 e. The number of para-hydroxylation sites is 2. The van der Waals surface area contributed by atoms with Crippen molar-refractivity contribution < 1.29 is 9.18 Å². The average Bonchev–Trinajstić information content (AvgIpc) is 3.11. The van der Waals surface area contributed by atoms with Gasteiger partial charge in [-0.1, -0.05) is 53.4 Å². The second-order valence-corrected chi connectivity index (χ2v) is 7.44. The number of nitrogens with zero attached hydrogens (tertiary/aromatic N) is 3. The number of thioether (sulfide) groups is 1. The lowest BCUT2D eigenvalue weighted by Crippen LogP contribution is -2.32. The fourth-order valence-electron chi connectivity index (χ4n) is 2.31. The Hall–Kier alpha value is -2.45. The molecule has 134 valence electrons. The lowest BCUT2D eigenvalue weighted by molar-refractivity contribution is -0.116. The lowest BCUT2D eigenvalue weighted by atomic mass is 10.3. The Bertz CT molecular complexity index is 872. The maximum Gasteiger partial charge on any atom is 0.237 e. The molecule has 3 rings (SSSR count). The molecule has 0 saturated heterocycles. The standard InChI is InChI=1S/C18H17FN4OS2/c1-2-23(13-8-4-3-5-9-13)16(24)12-25-18-22-21-17(26-18)20-15-11-7-6-10-14(15)19/h3-11H,2,12H2,1H3,(H,20,21). The first kappa shape index (κ1) is 18.3. The van der Waals surface area contributed by atoms with E-state index in [1.807, 2.05) is 37.3 Å². The molecule has 0 saturated carbocycles. The molecule has 0 aliphatic heterocycles. The largest absolute Gasteiger partial charge is 0.328 e. The minimum absolute atomic E-state index is 0.00233. The molecule has 1 amide bonds. The van der Waals surface area contributed by atoms with E-state index in [2.05, 4.69) is 15.5 Å². The molecule has 1 N–H and O–H groups in total. The van der Waals surface area contributed by atoms with Gasteiger partial charge in [-0.2, -0.15) is 0 Å². The summed E-state index contributed by atoms with van der Waals surface area (Å²) in [5.74, 6) is -0.0899. The van der Waals surface area contributed by atoms with E-state index in [1.54, 1.807) is 23.1 Å². The third-order valence-corrected chi connectivity index (χ3v) is 5.48. The molecule has 0 aliphatic rings. The first-order chi connectivity index (χ1) is 12.7. The fourth-order valence-corrected chi connectivity index (χ4v) is 3.95. The molecule has 0 fully saturated rings. The summed E-state index contributed by atoms with van der Waals surface area (Å²) in [7, 11) is 0. The van der Waals surface area contributed by atoms with Gasteiger partial charge < -0.3 is 10.2 Å². The molecule has 0 atom stereocenters. The molecule has 2 aromatic carbocycles. The number of amides is 1. The van der Waals surface area contributed by atoms with Crippen LogP contribution in [0.4, 0.5) is 20.9 Å². The van der Waals surface area contributed by atoms with Gasteiger partial charge in [0.25, 0.3) is 0 Å². The fraction of sp³-hybridized carbons (Fsp3) is 0.167. The summed E-state index contributed by atoms with van der Waals surface area (Å²) in [5.41, 5.74) is 1.22. The molecule has 8 heteroatoms. The monoisotopic (exact) mass is 388 g/mol. The number of aromatic nitrogens is 2. The third-order valence-electron chi connectivity index (χ3n) is 3.53. The lowest BCUT2D eigenvalue weighted by Gasteiger charge is -2.20. The average molecular weight is 388 g/mol. The predicted molar refractivity (Wildman–Crippen MR) is 105 cm³/mol. The Balaban J connectivity index is 1.59. The van der Waals surface area contributed by atoms with Crippen molar-refractivity contribution >= 4 is 45.5 Å². The molecule has 26 heavy (non-hydrogen) atoms. The quantitative estimate of drug-likeness (QED) is 0.601. The molecule has 0 unspecified atom stereocenters. The van der Waals surface area contributed by atoms with E-state index in [-0.39, 0.29) is 17.5 Å². The number of carbonyl (C=O) groups is 1. The van der Waals surface area contributed by atoms with E-state index < -0.39 is 0 Å². The second-order valence-electron chi connectivity index (χ2n) is 5.24. The van der Waals surface area contributed by atoms with Crippen LogP contribution in [0.25, 0.3) is 0 Å². The number of anilines is 3. The predicted octanol–water partition coefficient (Wildman–Crippen LogP) is 4.57. The topological polar surface area (TPSA) is 58.1 Å². The summed E-state index contributed by atoms with van der Waals surface area (Å²) < 4.78 is 14.3. The van der Waals surface area contributed by atoms with Gasteiger partial charge in [0.2, 0.25) is 11.0 Å². The van der Waals surface area contributed by atoms with Gasteiger partial charge in [-0.25, -0.2) is 4.39 Å². The van der Waals surface area contributed by atoms with Gasteiger partial charge in [0, 0.05) is 12.2 Å². The number of rotatable bonds is 7. The maximum absolute atomic E-state index is 13.7. The van der Waals surface area contributed by atoms with E-state index in [4.69, 9.17) is 0 Å². The van der Waals surface area contributed by atoms with Crippen LogP contribution in [0.5, 0.6) is 0 Å². The molecule has 5 nitrogen and oxygen atoms in total. The first-order valence-corrected chi connectivity index (χ1v) is 9.81. The van der Waals surface area contributed by atoms with Crippen molar-refractivity contribution in [1.82, 2.24) is 10.2 Å². The molecular weight excluding hydrogens is 371 g/mol. The number of halogens is 1. The van der Waals surface area contributed by atoms with Crippen LogP contribution in [0.2, 0.25) is 0 Å². The second kappa shape index (κ2) is 8.77. The summed E-state index contributed by atoms with van der Waals surface area (Å²) >= 11 is 2.61. The molecule has 0 spiro atoms. The highest BCUT2D eigenvalue weighted by molar-refractivity contribution is 8.01. The van der Waals surface area contributed by atoms with Gasteiger partial charge >= 0.3 is 0 Å². The number of hydrogen-bond donors (Lipinski definition) is 1. The highest BCUT2D eigenvalue weighted by Gasteiger charge is 2.15. The van der Waals surface area contributed by atoms with E-state index in [1.165, 1.54) is 29.2 Å². The Kier molecular flexibility index (Phi) is 6.19. The van der Waals surface area contributed by atoms with Crippen LogP contribution in [0, 0.1) is 5.82 Å². The first-order valence-electron chi connectivity index (χ1n) is 8.00. The van der Waals surface area contributed by atoms with E-state index >= 15 is 0 Å². The zero-order valence-electron chi connectivity index (χ0n) is 14.1. The Morgan fingerprint density at radius 1 is 1.15 bits per heavy atom. The molecule has 0 aliphatic carbocycles. The zero-order valence-corrected chi connectivity index (χ0v) is 15.7. The van der Waals surface area contributed by atoms with Crippen LogP contribution < -0.4 is 10.2 Å². The Morgan fingerprint density at radius 3 is 2.62 bits per heavy atom. The normalized spacial score (nSPS) is 10.5. The number of carbonyl (C=O) groups excluding carboxylic acids is 1.